The van der Waals surface area contributed by atoms with E-state index in [1.54, 1.807) is 0 Å². The van der Waals surface area contributed by atoms with Gasteiger partial charge in [-0.05, 0) is 40.0 Å². The number of aliphatic carboxylic acids is 1. The third-order valence-corrected chi connectivity index (χ3v) is 16.6. The molecule has 0 bridgehead atoms. The number of ketones is 1. The monoisotopic (exact) mass is 1240 g/mol. The number of phosphoric acid groups is 1. The average Bonchev–Trinajstić information content (AvgIpc) is 3.61. The van der Waals surface area contributed by atoms with E-state index >= 15 is 0 Å². The highest BCUT2D eigenvalue weighted by atomic mass is 31.2. The fraction of sp³-hybridized carbons (Fsp3) is 0.881. The van der Waals surface area contributed by atoms with Crippen LogP contribution in [0, 0.1) is 0 Å². The van der Waals surface area contributed by atoms with Crippen molar-refractivity contribution in [2.45, 2.75) is 301 Å². The number of unbranched alkanes of at least 4 members (excludes halogenated alkanes) is 24. The molecule has 1 rings (SSSR count). The molecule has 0 aliphatic carbocycles. The van der Waals surface area contributed by atoms with Crippen LogP contribution in [-0.2, 0) is 61.2 Å². The van der Waals surface area contributed by atoms with Crippen molar-refractivity contribution in [1.82, 2.24) is 20.9 Å². The molecule has 0 aromatic heterocycles. The quantitative estimate of drug-likeness (QED) is 0.0201. The molecule has 26 heteroatoms. The maximum atomic E-state index is 14.0. The number of hydrogen-bond donors (Lipinski definition) is 11. The molecule has 1 heterocycles. The molecule has 13 N–H and O–H groups in total. The summed E-state index contributed by atoms with van der Waals surface area (Å²) in [6, 6.07) is -4.34. The summed E-state index contributed by atoms with van der Waals surface area (Å²) < 4.78 is 41.1. The van der Waals surface area contributed by atoms with Crippen LogP contribution in [0.2, 0.25) is 0 Å². The third-order valence-electron chi connectivity index (χ3n) is 15.2. The second-order valence-corrected chi connectivity index (χ2v) is 24.6. The van der Waals surface area contributed by atoms with Crippen molar-refractivity contribution in [2.75, 3.05) is 32.9 Å². The van der Waals surface area contributed by atoms with Gasteiger partial charge in [0.25, 0.3) is 5.91 Å². The number of nitrogens with zero attached hydrogens (tertiary/aromatic N) is 1. The van der Waals surface area contributed by atoms with Crippen molar-refractivity contribution < 1.29 is 91.8 Å². The Morgan fingerprint density at radius 1 is 0.729 bits per heavy atom. The molecule has 0 radical (unpaired) electrons. The Morgan fingerprint density at radius 2 is 1.21 bits per heavy atom. The van der Waals surface area contributed by atoms with Gasteiger partial charge in [0.1, 0.15) is 54.3 Å². The van der Waals surface area contributed by atoms with E-state index in [9.17, 15) is 68.8 Å². The van der Waals surface area contributed by atoms with Crippen LogP contribution in [0.5, 0.6) is 0 Å². The maximum absolute atomic E-state index is 14.0. The Balaban J connectivity index is 2.93. The number of nitrogens with one attached hydrogen (secondary N) is 3. The Hall–Kier alpha value is -3.72. The minimum Gasteiger partial charge on any atom is -0.480 e. The topological polar surface area (TPSA) is 395 Å². The standard InChI is InChI=1S/C59H111N6O19P/c1-7-9-11-13-15-17-19-21-23-25-27-29-31-33-46(68)52(72)47(69)41-81-85(79,84-50(71)34-32-30-28-26-24-22-20-18-16-14-12-10-8-2)80-38-37-62-59(6,61)58(78)64-45(55(60)74)35-36-49(70)65(43(4)56(75)76)39-42(3)82-54-51(63-44(5)67)57(77)83-48(40-66)53(54)73/h42-43,45,47-48,51-54,57,62,66,69,72-73,77H,7-41,61H2,1-6H3,(H2,60,74)(H,63,67)(H,64,78)(H,75,76)/t42?,43-,45+,47-,48+,51+,52-,53+,54+,57-,59+,85?/m0/s1. The summed E-state index contributed by atoms with van der Waals surface area (Å²) in [5.41, 5.74) is 9.86. The summed E-state index contributed by atoms with van der Waals surface area (Å²) in [4.78, 5) is 90.7. The van der Waals surface area contributed by atoms with E-state index in [0.29, 0.717) is 19.3 Å². The van der Waals surface area contributed by atoms with Gasteiger partial charge in [0.05, 0.1) is 25.9 Å². The smallest absolute Gasteiger partial charge is 0.480 e. The Morgan fingerprint density at radius 3 is 1.67 bits per heavy atom. The van der Waals surface area contributed by atoms with Crippen LogP contribution in [0.15, 0.2) is 0 Å². The van der Waals surface area contributed by atoms with Crippen LogP contribution in [0.4, 0.5) is 0 Å². The Labute approximate surface area is 505 Å². The number of amides is 4. The molecule has 12 atom stereocenters. The number of carboxylic acid groups (broad SMARTS) is 1. The Bertz CT molecular complexity index is 1960. The number of aliphatic hydroxyl groups is 5. The van der Waals surface area contributed by atoms with Gasteiger partial charge >= 0.3 is 19.8 Å². The first-order valence-corrected chi connectivity index (χ1v) is 33.0. The molecule has 1 aliphatic heterocycles. The van der Waals surface area contributed by atoms with Gasteiger partial charge in [-0.25, -0.2) is 9.36 Å². The molecule has 1 saturated heterocycles. The van der Waals surface area contributed by atoms with Crippen LogP contribution >= 0.6 is 7.82 Å². The average molecular weight is 1240 g/mol. The van der Waals surface area contributed by atoms with Gasteiger partial charge in [-0.15, -0.1) is 0 Å². The maximum Gasteiger partial charge on any atom is 0.532 e. The van der Waals surface area contributed by atoms with Gasteiger partial charge in [0, 0.05) is 39.3 Å². The van der Waals surface area contributed by atoms with Crippen LogP contribution in [0.25, 0.3) is 0 Å². The van der Waals surface area contributed by atoms with Crippen molar-refractivity contribution >= 4 is 49.2 Å². The molecular weight excluding hydrogens is 1130 g/mol. The number of phosphoric ester groups is 1. The van der Waals surface area contributed by atoms with Gasteiger partial charge < -0.3 is 71.6 Å². The number of primary amides is 1. The summed E-state index contributed by atoms with van der Waals surface area (Å²) >= 11 is 0. The number of carbonyl (C=O) groups is 7. The molecule has 0 spiro atoms. The zero-order valence-electron chi connectivity index (χ0n) is 52.1. The summed E-state index contributed by atoms with van der Waals surface area (Å²) in [6.45, 7) is 6.37. The van der Waals surface area contributed by atoms with Gasteiger partial charge in [-0.1, -0.05) is 168 Å². The number of nitrogens with two attached hydrogens (primary N) is 2. The molecular formula is C59H111N6O19P. The zero-order chi connectivity index (χ0) is 63.8. The van der Waals surface area contributed by atoms with E-state index in [2.05, 4.69) is 29.8 Å². The summed E-state index contributed by atoms with van der Waals surface area (Å²) in [5.74, 6) is -6.52. The predicted molar refractivity (Wildman–Crippen MR) is 319 cm³/mol. The second kappa shape index (κ2) is 45.5. The number of aliphatic hydroxyl groups excluding tert-OH is 5. The summed E-state index contributed by atoms with van der Waals surface area (Å²) in [7, 11) is -4.86. The fourth-order valence-corrected chi connectivity index (χ4v) is 11.0. The molecule has 1 fully saturated rings. The van der Waals surface area contributed by atoms with Crippen molar-refractivity contribution in [3.05, 3.63) is 0 Å². The molecule has 85 heavy (non-hydrogen) atoms. The van der Waals surface area contributed by atoms with E-state index in [-0.39, 0.29) is 19.4 Å². The predicted octanol–water partition coefficient (Wildman–Crippen LogP) is 5.59. The van der Waals surface area contributed by atoms with E-state index in [1.165, 1.54) is 117 Å². The molecule has 4 amide bonds. The third kappa shape index (κ3) is 34.6. The second-order valence-electron chi connectivity index (χ2n) is 23.0. The van der Waals surface area contributed by atoms with E-state index in [1.807, 2.05) is 0 Å². The normalized spacial score (nSPS) is 20.2. The lowest BCUT2D eigenvalue weighted by molar-refractivity contribution is -0.268. The van der Waals surface area contributed by atoms with Crippen LogP contribution in [0.1, 0.15) is 234 Å². The van der Waals surface area contributed by atoms with Crippen LogP contribution < -0.4 is 27.4 Å². The lowest BCUT2D eigenvalue weighted by atomic mass is 9.96. The van der Waals surface area contributed by atoms with Crippen molar-refractivity contribution in [3.8, 4) is 0 Å². The van der Waals surface area contributed by atoms with Crippen molar-refractivity contribution in [1.29, 1.82) is 0 Å². The fourth-order valence-electron chi connectivity index (χ4n) is 9.87. The minimum absolute atomic E-state index is 0.00360. The highest BCUT2D eigenvalue weighted by Gasteiger charge is 2.47. The van der Waals surface area contributed by atoms with Gasteiger partial charge in [-0.2, -0.15) is 0 Å². The SMILES string of the molecule is CCCCCCCCCCCCCCCC(=O)OP(=O)(OCCN[C@@](C)(N)C(=O)N[C@H](CCC(=O)N(CC(C)O[C@H]1[C@H](O)[C@@H](CO)O[C@H](O)[C@@H]1NC(C)=O)[C@@H](C)C(=O)O)C(N)=O)OC[C@H](O)[C@@H](O)C(=O)CCCCCCCCCCCCCCC. The van der Waals surface area contributed by atoms with Crippen molar-refractivity contribution in [3.63, 3.8) is 0 Å². The highest BCUT2D eigenvalue weighted by Crippen LogP contribution is 2.50. The molecule has 0 aromatic carbocycles. The Kier molecular flexibility index (Phi) is 42.5. The largest absolute Gasteiger partial charge is 0.532 e. The molecule has 2 unspecified atom stereocenters. The van der Waals surface area contributed by atoms with Gasteiger partial charge in [-0.3, -0.25) is 43.1 Å². The molecule has 496 valence electrons. The first kappa shape index (κ1) is 79.3. The number of carboxylic acids is 1. The number of Topliss-reactive ketones (excluding diaryl/α,β-unsaturated/α-hetero) is 1. The van der Waals surface area contributed by atoms with Gasteiger partial charge in [0.2, 0.25) is 17.7 Å². The van der Waals surface area contributed by atoms with Crippen LogP contribution in [0.3, 0.4) is 0 Å². The zero-order valence-corrected chi connectivity index (χ0v) is 53.0. The summed E-state index contributed by atoms with van der Waals surface area (Å²) in [6.07, 6.45) is 16.4. The molecule has 1 aliphatic rings. The first-order chi connectivity index (χ1) is 40.3. The van der Waals surface area contributed by atoms with E-state index in [0.717, 1.165) is 63.2 Å². The lowest BCUT2D eigenvalue weighted by Gasteiger charge is -2.43. The number of rotatable bonds is 53. The van der Waals surface area contributed by atoms with Crippen LogP contribution in [-0.4, -0.2) is 177 Å². The highest BCUT2D eigenvalue weighted by molar-refractivity contribution is 7.49. The molecule has 0 saturated carbocycles. The van der Waals surface area contributed by atoms with E-state index < -0.39 is 155 Å². The number of carbonyl (C=O) groups excluding carboxylic acids is 6. The van der Waals surface area contributed by atoms with E-state index in [4.69, 9.17) is 34.5 Å². The van der Waals surface area contributed by atoms with Crippen molar-refractivity contribution in [2.24, 2.45) is 11.5 Å². The number of hydrogen-bond acceptors (Lipinski definition) is 20. The summed E-state index contributed by atoms with van der Waals surface area (Å²) in [5, 5.41) is 69.8. The number of ether oxygens (including phenoxy) is 2. The molecule has 25 nitrogen and oxygen atoms in total. The minimum atomic E-state index is -4.86. The first-order valence-electron chi connectivity index (χ1n) is 31.6. The van der Waals surface area contributed by atoms with Gasteiger partial charge in [0.15, 0.2) is 12.1 Å². The lowest BCUT2D eigenvalue weighted by Crippen LogP contribution is -2.65. The molecule has 0 aromatic rings.